The molecule has 0 amide bonds. The van der Waals surface area contributed by atoms with Crippen LogP contribution in [-0.4, -0.2) is 47.5 Å². The van der Waals surface area contributed by atoms with Gasteiger partial charge in [0, 0.05) is 37.9 Å². The average Bonchev–Trinajstić information content (AvgIpc) is 3.40. The molecular weight excluding hydrogens is 452 g/mol. The number of ether oxygens (including phenoxy) is 1. The lowest BCUT2D eigenvalue weighted by molar-refractivity contribution is 0.0165. The Labute approximate surface area is 203 Å². The Hall–Kier alpha value is -3.17. The number of aryl methyl sites for hydroxylation is 2. The number of nitrogens with one attached hydrogen (secondary N) is 2. The van der Waals surface area contributed by atoms with Crippen LogP contribution in [0.5, 0.6) is 0 Å². The number of methoxy groups -OCH3 is 1. The van der Waals surface area contributed by atoms with E-state index in [1.807, 2.05) is 32.1 Å². The minimum atomic E-state index is -3.09. The van der Waals surface area contributed by atoms with Gasteiger partial charge in [-0.3, -0.25) is 0 Å². The van der Waals surface area contributed by atoms with Gasteiger partial charge in [-0.05, 0) is 49.9 Å². The number of anilines is 1. The van der Waals surface area contributed by atoms with Crippen molar-refractivity contribution in [1.29, 1.82) is 0 Å². The van der Waals surface area contributed by atoms with Crippen LogP contribution in [0.15, 0.2) is 35.0 Å². The molecule has 5 rings (SSSR count). The first kappa shape index (κ1) is 23.6. The van der Waals surface area contributed by atoms with Crippen LogP contribution in [0.2, 0.25) is 0 Å². The highest BCUT2D eigenvalue weighted by atomic mass is 19.3. The number of rotatable bonds is 6. The Morgan fingerprint density at radius 3 is 2.80 bits per heavy atom. The number of piperidine rings is 1. The van der Waals surface area contributed by atoms with Gasteiger partial charge in [0.1, 0.15) is 5.76 Å². The van der Waals surface area contributed by atoms with Gasteiger partial charge in [-0.1, -0.05) is 29.4 Å². The first-order valence-corrected chi connectivity index (χ1v) is 11.8. The quantitative estimate of drug-likeness (QED) is 0.531. The molecule has 0 radical (unpaired) electrons. The Kier molecular flexibility index (Phi) is 6.14. The number of benzene rings is 1. The van der Waals surface area contributed by atoms with E-state index in [9.17, 15) is 8.78 Å². The monoisotopic (exact) mass is 481 g/mol. The molecule has 0 spiro atoms. The van der Waals surface area contributed by atoms with Gasteiger partial charge >= 0.3 is 0 Å². The number of hydrogen-bond acceptors (Lipinski definition) is 7. The van der Waals surface area contributed by atoms with E-state index in [0.29, 0.717) is 24.5 Å². The van der Waals surface area contributed by atoms with Crippen LogP contribution >= 0.6 is 0 Å². The second kappa shape index (κ2) is 9.13. The number of aromatic nitrogens is 3. The lowest BCUT2D eigenvalue weighted by atomic mass is 9.95. The lowest BCUT2D eigenvalue weighted by Crippen LogP contribution is -2.49. The molecule has 1 aliphatic heterocycles. The Morgan fingerprint density at radius 1 is 1.26 bits per heavy atom. The average molecular weight is 482 g/mol. The van der Waals surface area contributed by atoms with Crippen molar-refractivity contribution in [3.8, 4) is 11.1 Å². The summed E-state index contributed by atoms with van der Waals surface area (Å²) in [5, 5.41) is 10.7. The third-order valence-electron chi connectivity index (χ3n) is 6.80. The van der Waals surface area contributed by atoms with Gasteiger partial charge in [-0.25, -0.2) is 18.7 Å². The molecule has 1 aliphatic carbocycles. The van der Waals surface area contributed by atoms with E-state index in [0.717, 1.165) is 53.6 Å². The van der Waals surface area contributed by atoms with Gasteiger partial charge in [-0.2, -0.15) is 0 Å². The smallest absolute Gasteiger partial charge is 0.274 e. The molecule has 7 nitrogen and oxygen atoms in total. The van der Waals surface area contributed by atoms with Gasteiger partial charge in [0.15, 0.2) is 0 Å². The van der Waals surface area contributed by atoms with Crippen LogP contribution in [-0.2, 0) is 17.1 Å². The summed E-state index contributed by atoms with van der Waals surface area (Å²) < 4.78 is 40.1. The van der Waals surface area contributed by atoms with E-state index in [1.165, 1.54) is 6.20 Å². The third-order valence-corrected chi connectivity index (χ3v) is 6.80. The predicted octanol–water partition coefficient (Wildman–Crippen LogP) is 4.64. The molecule has 1 aromatic carbocycles. The highest BCUT2D eigenvalue weighted by molar-refractivity contribution is 5.86. The summed E-state index contributed by atoms with van der Waals surface area (Å²) in [6.45, 7) is 6.21. The standard InChI is InChI=1S/C26H29F2N5O2/c1-14-23(15(2)35-33-14)17-6-7-18-16(11-17)5-8-19(18)24-20(26(3,27)28)12-30-25(32-24)31-21-13-29-10-9-22(21)34-4/h6-8,11-12,21-22,29H,5,9-10,13H2,1-4H3,(H,30,31,32)/t21-,22-/m1/s1. The molecule has 1 fully saturated rings. The van der Waals surface area contributed by atoms with Crippen molar-refractivity contribution in [1.82, 2.24) is 20.4 Å². The summed E-state index contributed by atoms with van der Waals surface area (Å²) in [6, 6.07) is 5.96. The van der Waals surface area contributed by atoms with Gasteiger partial charge in [0.05, 0.1) is 29.1 Å². The number of hydrogen-bond donors (Lipinski definition) is 2. The molecule has 3 aromatic rings. The maximum absolute atomic E-state index is 14.6. The SMILES string of the molecule is CO[C@@H]1CCNC[C@H]1Nc1ncc(C(C)(F)F)c(C2=CCc3cc(-c4c(C)noc4C)ccc32)n1. The topological polar surface area (TPSA) is 85.1 Å². The first-order chi connectivity index (χ1) is 16.8. The Morgan fingerprint density at radius 2 is 2.09 bits per heavy atom. The zero-order valence-electron chi connectivity index (χ0n) is 20.3. The molecule has 2 aromatic heterocycles. The number of nitrogens with zero attached hydrogens (tertiary/aromatic N) is 3. The molecule has 0 saturated carbocycles. The van der Waals surface area contributed by atoms with Crippen molar-refractivity contribution in [3.05, 3.63) is 64.3 Å². The molecule has 3 heterocycles. The summed E-state index contributed by atoms with van der Waals surface area (Å²) in [5.41, 5.74) is 5.47. The molecular formula is C26H29F2N5O2. The van der Waals surface area contributed by atoms with E-state index in [2.05, 4.69) is 31.8 Å². The fraction of sp³-hybridized carbons (Fsp3) is 0.423. The molecule has 0 bridgehead atoms. The molecule has 1 saturated heterocycles. The molecule has 35 heavy (non-hydrogen) atoms. The van der Waals surface area contributed by atoms with Gasteiger partial charge in [0.2, 0.25) is 5.95 Å². The molecule has 2 atom stereocenters. The van der Waals surface area contributed by atoms with Crippen LogP contribution in [0, 0.1) is 13.8 Å². The zero-order valence-corrected chi connectivity index (χ0v) is 20.3. The van der Waals surface area contributed by atoms with Gasteiger partial charge in [-0.15, -0.1) is 0 Å². The van der Waals surface area contributed by atoms with E-state index >= 15 is 0 Å². The van der Waals surface area contributed by atoms with E-state index < -0.39 is 5.92 Å². The van der Waals surface area contributed by atoms with Crippen LogP contribution < -0.4 is 10.6 Å². The van der Waals surface area contributed by atoms with Crippen molar-refractivity contribution < 1.29 is 18.0 Å². The largest absolute Gasteiger partial charge is 0.379 e. The number of allylic oxidation sites excluding steroid dienone is 1. The minimum absolute atomic E-state index is 0.00948. The number of alkyl halides is 2. The first-order valence-electron chi connectivity index (χ1n) is 11.8. The molecule has 9 heteroatoms. The predicted molar refractivity (Wildman–Crippen MR) is 129 cm³/mol. The van der Waals surface area contributed by atoms with Crippen molar-refractivity contribution in [2.45, 2.75) is 51.7 Å². The normalized spacial score (nSPS) is 20.0. The summed E-state index contributed by atoms with van der Waals surface area (Å²) >= 11 is 0. The fourth-order valence-corrected chi connectivity index (χ4v) is 5.03. The van der Waals surface area contributed by atoms with Gasteiger partial charge in [0.25, 0.3) is 5.92 Å². The lowest BCUT2D eigenvalue weighted by Gasteiger charge is -2.31. The van der Waals surface area contributed by atoms with Crippen LogP contribution in [0.25, 0.3) is 16.7 Å². The van der Waals surface area contributed by atoms with Crippen LogP contribution in [0.4, 0.5) is 14.7 Å². The van der Waals surface area contributed by atoms with Crippen molar-refractivity contribution in [2.75, 3.05) is 25.5 Å². The van der Waals surface area contributed by atoms with Crippen LogP contribution in [0.3, 0.4) is 0 Å². The molecule has 0 unspecified atom stereocenters. The molecule has 2 N–H and O–H groups in total. The maximum atomic E-state index is 14.6. The van der Waals surface area contributed by atoms with Crippen LogP contribution in [0.1, 0.15) is 47.2 Å². The molecule has 184 valence electrons. The Bertz CT molecular complexity index is 1260. The van der Waals surface area contributed by atoms with E-state index in [1.54, 1.807) is 7.11 Å². The van der Waals surface area contributed by atoms with Crippen molar-refractivity contribution in [2.24, 2.45) is 0 Å². The van der Waals surface area contributed by atoms with Gasteiger partial charge < -0.3 is 19.9 Å². The number of halogens is 2. The van der Waals surface area contributed by atoms with E-state index in [4.69, 9.17) is 9.26 Å². The second-order valence-electron chi connectivity index (χ2n) is 9.26. The maximum Gasteiger partial charge on any atom is 0.274 e. The zero-order chi connectivity index (χ0) is 24.7. The summed E-state index contributed by atoms with van der Waals surface area (Å²) in [4.78, 5) is 8.84. The number of fused-ring (bicyclic) bond motifs is 1. The Balaban J connectivity index is 1.51. The minimum Gasteiger partial charge on any atom is -0.379 e. The highest BCUT2D eigenvalue weighted by Gasteiger charge is 2.33. The summed E-state index contributed by atoms with van der Waals surface area (Å²) in [6.07, 6.45) is 4.66. The highest BCUT2D eigenvalue weighted by Crippen LogP contribution is 2.40. The second-order valence-corrected chi connectivity index (χ2v) is 9.26. The van der Waals surface area contributed by atoms with E-state index in [-0.39, 0.29) is 23.4 Å². The summed E-state index contributed by atoms with van der Waals surface area (Å²) in [5.74, 6) is -2.03. The fourth-order valence-electron chi connectivity index (χ4n) is 5.03. The van der Waals surface area contributed by atoms with Crippen molar-refractivity contribution in [3.63, 3.8) is 0 Å². The third kappa shape index (κ3) is 4.46. The molecule has 2 aliphatic rings. The van der Waals surface area contributed by atoms with Crippen molar-refractivity contribution >= 4 is 11.5 Å². The summed E-state index contributed by atoms with van der Waals surface area (Å²) in [7, 11) is 1.68.